The van der Waals surface area contributed by atoms with Gasteiger partial charge < -0.3 is 9.84 Å². The molecule has 110 valence electrons. The summed E-state index contributed by atoms with van der Waals surface area (Å²) in [4.78, 5) is 17.6. The molecular weight excluding hydrogens is 268 g/mol. The van der Waals surface area contributed by atoms with E-state index in [9.17, 15) is 9.90 Å². The maximum Gasteiger partial charge on any atom is 0.310 e. The number of ether oxygens (including phenoxy) is 1. The van der Waals surface area contributed by atoms with Crippen LogP contribution in [0.3, 0.4) is 0 Å². The quantitative estimate of drug-likeness (QED) is 0.928. The number of carboxylic acid groups (broad SMARTS) is 1. The van der Waals surface area contributed by atoms with Crippen LogP contribution >= 0.6 is 0 Å². The van der Waals surface area contributed by atoms with E-state index in [4.69, 9.17) is 4.74 Å². The average Bonchev–Trinajstić information content (AvgIpc) is 2.97. The lowest BCUT2D eigenvalue weighted by atomic mass is 10.0. The van der Waals surface area contributed by atoms with Gasteiger partial charge in [0.25, 0.3) is 0 Å². The van der Waals surface area contributed by atoms with Crippen LogP contribution in [0.15, 0.2) is 36.5 Å². The summed E-state index contributed by atoms with van der Waals surface area (Å²) in [5.41, 5.74) is 2.12. The van der Waals surface area contributed by atoms with E-state index in [1.807, 2.05) is 31.3 Å². The zero-order valence-corrected chi connectivity index (χ0v) is 11.9. The number of carbonyl (C=O) groups is 1. The van der Waals surface area contributed by atoms with Crippen molar-refractivity contribution in [2.24, 2.45) is 5.92 Å². The van der Waals surface area contributed by atoms with E-state index in [-0.39, 0.29) is 6.04 Å². The van der Waals surface area contributed by atoms with Crippen molar-refractivity contribution < 1.29 is 14.6 Å². The largest absolute Gasteiger partial charge is 0.481 e. The fraction of sp³-hybridized carbons (Fsp3) is 0.375. The van der Waals surface area contributed by atoms with Crippen molar-refractivity contribution in [3.05, 3.63) is 42.1 Å². The summed E-state index contributed by atoms with van der Waals surface area (Å²) in [7, 11) is 1.95. The summed E-state index contributed by atoms with van der Waals surface area (Å²) in [6.45, 7) is 1.47. The monoisotopic (exact) mass is 286 g/mol. The molecule has 1 aromatic heterocycles. The van der Waals surface area contributed by atoms with Gasteiger partial charge in [0.15, 0.2) is 0 Å². The van der Waals surface area contributed by atoms with Crippen LogP contribution in [0.25, 0.3) is 10.9 Å². The number of pyridine rings is 1. The molecule has 0 amide bonds. The third-order valence-corrected chi connectivity index (χ3v) is 4.03. The number of carboxylic acids is 1. The number of fused-ring (bicyclic) bond motifs is 1. The number of aromatic nitrogens is 1. The van der Waals surface area contributed by atoms with Crippen LogP contribution in [0.2, 0.25) is 0 Å². The molecule has 1 saturated heterocycles. The van der Waals surface area contributed by atoms with Crippen molar-refractivity contribution in [1.29, 1.82) is 0 Å². The lowest BCUT2D eigenvalue weighted by Gasteiger charge is -2.26. The first-order valence-corrected chi connectivity index (χ1v) is 6.99. The van der Waals surface area contributed by atoms with Crippen LogP contribution in [0.4, 0.5) is 0 Å². The lowest BCUT2D eigenvalue weighted by Crippen LogP contribution is -2.40. The predicted octanol–water partition coefficient (Wildman–Crippen LogP) is 1.77. The van der Waals surface area contributed by atoms with E-state index in [1.165, 1.54) is 0 Å². The molecule has 2 aromatic rings. The topological polar surface area (TPSA) is 62.7 Å². The Hall–Kier alpha value is -1.98. The Labute approximate surface area is 123 Å². The zero-order chi connectivity index (χ0) is 14.8. The highest BCUT2D eigenvalue weighted by Crippen LogP contribution is 2.22. The molecule has 5 heteroatoms. The molecule has 0 saturated carbocycles. The molecule has 2 atom stereocenters. The maximum absolute atomic E-state index is 11.2. The molecule has 5 nitrogen and oxygen atoms in total. The first-order valence-electron chi connectivity index (χ1n) is 6.99. The van der Waals surface area contributed by atoms with E-state index in [0.717, 1.165) is 16.5 Å². The second-order valence-corrected chi connectivity index (χ2v) is 5.50. The van der Waals surface area contributed by atoms with Gasteiger partial charge in [-0.3, -0.25) is 14.7 Å². The number of aliphatic carboxylic acids is 1. The van der Waals surface area contributed by atoms with E-state index in [0.29, 0.717) is 19.8 Å². The number of hydrogen-bond donors (Lipinski definition) is 1. The van der Waals surface area contributed by atoms with Crippen LogP contribution < -0.4 is 0 Å². The normalized spacial score (nSPS) is 22.0. The van der Waals surface area contributed by atoms with Gasteiger partial charge in [-0.15, -0.1) is 0 Å². The number of hydrogen-bond acceptors (Lipinski definition) is 4. The lowest BCUT2D eigenvalue weighted by molar-refractivity contribution is -0.143. The molecule has 1 aromatic carbocycles. The van der Waals surface area contributed by atoms with Gasteiger partial charge in [-0.25, -0.2) is 0 Å². The first-order chi connectivity index (χ1) is 10.1. The summed E-state index contributed by atoms with van der Waals surface area (Å²) >= 11 is 0. The highest BCUT2D eigenvalue weighted by molar-refractivity contribution is 5.78. The molecule has 1 fully saturated rings. The van der Waals surface area contributed by atoms with Gasteiger partial charge in [-0.1, -0.05) is 12.1 Å². The van der Waals surface area contributed by atoms with Crippen molar-refractivity contribution in [2.45, 2.75) is 12.6 Å². The third-order valence-electron chi connectivity index (χ3n) is 4.03. The minimum absolute atomic E-state index is 0.0768. The molecule has 2 unspecified atom stereocenters. The summed E-state index contributed by atoms with van der Waals surface area (Å²) in [6.07, 6.45) is 1.78. The molecular formula is C16H18N2O3. The summed E-state index contributed by atoms with van der Waals surface area (Å²) in [5.74, 6) is -1.23. The Morgan fingerprint density at radius 2 is 2.29 bits per heavy atom. The molecule has 0 spiro atoms. The highest BCUT2D eigenvalue weighted by atomic mass is 16.5. The Morgan fingerprint density at radius 3 is 3.10 bits per heavy atom. The van der Waals surface area contributed by atoms with Gasteiger partial charge in [-0.2, -0.15) is 0 Å². The molecule has 2 heterocycles. The minimum Gasteiger partial charge on any atom is -0.481 e. The second-order valence-electron chi connectivity index (χ2n) is 5.50. The minimum atomic E-state index is -0.785. The second kappa shape index (κ2) is 5.79. The maximum atomic E-state index is 11.2. The molecule has 3 rings (SSSR count). The van der Waals surface area contributed by atoms with Gasteiger partial charge >= 0.3 is 5.97 Å². The third kappa shape index (κ3) is 2.89. The highest BCUT2D eigenvalue weighted by Gasteiger charge is 2.36. The predicted molar refractivity (Wildman–Crippen MR) is 78.9 cm³/mol. The van der Waals surface area contributed by atoms with Gasteiger partial charge in [0.05, 0.1) is 24.6 Å². The molecule has 1 aliphatic heterocycles. The SMILES string of the molecule is CN(Cc1ccc2ncccc2c1)C1COCC1C(=O)O. The summed E-state index contributed by atoms with van der Waals surface area (Å²) in [5, 5.41) is 10.3. The van der Waals surface area contributed by atoms with Gasteiger partial charge in [0, 0.05) is 24.2 Å². The van der Waals surface area contributed by atoms with Gasteiger partial charge in [0.1, 0.15) is 0 Å². The van der Waals surface area contributed by atoms with Crippen molar-refractivity contribution in [3.63, 3.8) is 0 Å². The van der Waals surface area contributed by atoms with Crippen LogP contribution in [0.1, 0.15) is 5.56 Å². The van der Waals surface area contributed by atoms with Crippen LogP contribution in [-0.4, -0.2) is 47.3 Å². The Bertz CT molecular complexity index is 659. The average molecular weight is 286 g/mol. The molecule has 0 aliphatic carbocycles. The fourth-order valence-corrected chi connectivity index (χ4v) is 2.84. The number of nitrogens with zero attached hydrogens (tertiary/aromatic N) is 2. The zero-order valence-electron chi connectivity index (χ0n) is 11.9. The van der Waals surface area contributed by atoms with E-state index >= 15 is 0 Å². The van der Waals surface area contributed by atoms with E-state index in [2.05, 4.69) is 16.0 Å². The van der Waals surface area contributed by atoms with Crippen molar-refractivity contribution in [2.75, 3.05) is 20.3 Å². The summed E-state index contributed by atoms with van der Waals surface area (Å²) < 4.78 is 5.33. The number of likely N-dealkylation sites (N-methyl/N-ethyl adjacent to an activating group) is 1. The van der Waals surface area contributed by atoms with Crippen LogP contribution in [0, 0.1) is 5.92 Å². The van der Waals surface area contributed by atoms with Crippen LogP contribution in [0.5, 0.6) is 0 Å². The molecule has 1 N–H and O–H groups in total. The van der Waals surface area contributed by atoms with Crippen molar-refractivity contribution in [1.82, 2.24) is 9.88 Å². The van der Waals surface area contributed by atoms with Crippen molar-refractivity contribution in [3.8, 4) is 0 Å². The Morgan fingerprint density at radius 1 is 1.43 bits per heavy atom. The van der Waals surface area contributed by atoms with Gasteiger partial charge in [-0.05, 0) is 30.8 Å². The Kier molecular flexibility index (Phi) is 3.86. The van der Waals surface area contributed by atoms with E-state index < -0.39 is 11.9 Å². The van der Waals surface area contributed by atoms with Crippen LogP contribution in [-0.2, 0) is 16.1 Å². The standard InChI is InChI=1S/C16H18N2O3/c1-18(15-10-21-9-13(15)16(19)20)8-11-4-5-14-12(7-11)3-2-6-17-14/h2-7,13,15H,8-10H2,1H3,(H,19,20). The van der Waals surface area contributed by atoms with Crippen molar-refractivity contribution >= 4 is 16.9 Å². The molecule has 0 bridgehead atoms. The Balaban J connectivity index is 1.76. The first kappa shape index (κ1) is 14.0. The number of rotatable bonds is 4. The summed E-state index contributed by atoms with van der Waals surface area (Å²) in [6, 6.07) is 10.0. The number of benzene rings is 1. The molecule has 21 heavy (non-hydrogen) atoms. The van der Waals surface area contributed by atoms with E-state index in [1.54, 1.807) is 6.20 Å². The fourth-order valence-electron chi connectivity index (χ4n) is 2.84. The van der Waals surface area contributed by atoms with Gasteiger partial charge in [0.2, 0.25) is 0 Å². The molecule has 1 aliphatic rings. The molecule has 0 radical (unpaired) electrons. The smallest absolute Gasteiger partial charge is 0.310 e.